The summed E-state index contributed by atoms with van der Waals surface area (Å²) in [5, 5.41) is 11.7. The van der Waals surface area contributed by atoms with Gasteiger partial charge in [0.05, 0.1) is 18.6 Å². The number of carbonyl (C=O) groups excluding carboxylic acids is 2. The molecular weight excluding hydrogens is 320 g/mol. The smallest absolute Gasteiger partial charge is 0.231 e. The third-order valence-corrected chi connectivity index (χ3v) is 4.41. The summed E-state index contributed by atoms with van der Waals surface area (Å²) in [6.45, 7) is 5.65. The highest BCUT2D eigenvalue weighted by Gasteiger charge is 2.36. The Balaban J connectivity index is 1.89. The molecule has 23 heavy (non-hydrogen) atoms. The summed E-state index contributed by atoms with van der Waals surface area (Å²) in [4.78, 5) is 26.0. The van der Waals surface area contributed by atoms with E-state index in [1.165, 1.54) is 11.3 Å². The van der Waals surface area contributed by atoms with Crippen molar-refractivity contribution < 1.29 is 19.1 Å². The highest BCUT2D eigenvalue weighted by molar-refractivity contribution is 7.15. The Morgan fingerprint density at radius 3 is 3.00 bits per heavy atom. The van der Waals surface area contributed by atoms with Crippen LogP contribution in [0.4, 0.5) is 5.13 Å². The Bertz CT molecular complexity index is 551. The molecule has 1 aromatic rings. The number of rotatable bonds is 8. The molecule has 2 rings (SSSR count). The SMILES string of the molecule is CCOCc1nnc(NC(=O)[C@H]2CC(=O)N([C@H](C)COC)C2)s1. The van der Waals surface area contributed by atoms with Gasteiger partial charge in [-0.15, -0.1) is 10.2 Å². The maximum absolute atomic E-state index is 12.3. The third-order valence-electron chi connectivity index (χ3n) is 3.60. The van der Waals surface area contributed by atoms with Crippen molar-refractivity contribution in [3.63, 3.8) is 0 Å². The van der Waals surface area contributed by atoms with E-state index in [2.05, 4.69) is 15.5 Å². The second kappa shape index (κ2) is 8.32. The van der Waals surface area contributed by atoms with E-state index in [1.807, 2.05) is 13.8 Å². The van der Waals surface area contributed by atoms with Crippen molar-refractivity contribution in [3.05, 3.63) is 5.01 Å². The monoisotopic (exact) mass is 342 g/mol. The lowest BCUT2D eigenvalue weighted by molar-refractivity contribution is -0.130. The molecule has 9 heteroatoms. The number of nitrogens with one attached hydrogen (secondary N) is 1. The molecule has 1 aromatic heterocycles. The second-order valence-electron chi connectivity index (χ2n) is 5.38. The van der Waals surface area contributed by atoms with Crippen LogP contribution in [0.1, 0.15) is 25.3 Å². The molecule has 0 bridgehead atoms. The van der Waals surface area contributed by atoms with Crippen LogP contribution < -0.4 is 5.32 Å². The molecule has 0 radical (unpaired) electrons. The molecular formula is C14H22N4O4S. The molecule has 1 aliphatic rings. The fourth-order valence-corrected chi connectivity index (χ4v) is 3.10. The number of carbonyl (C=O) groups is 2. The van der Waals surface area contributed by atoms with E-state index in [9.17, 15) is 9.59 Å². The summed E-state index contributed by atoms with van der Waals surface area (Å²) in [5.74, 6) is -0.602. The molecule has 128 valence electrons. The second-order valence-corrected chi connectivity index (χ2v) is 6.44. The van der Waals surface area contributed by atoms with Gasteiger partial charge in [0, 0.05) is 26.7 Å². The van der Waals surface area contributed by atoms with Gasteiger partial charge in [0.15, 0.2) is 0 Å². The van der Waals surface area contributed by atoms with Gasteiger partial charge in [-0.3, -0.25) is 9.59 Å². The van der Waals surface area contributed by atoms with Crippen LogP contribution in [-0.2, 0) is 25.7 Å². The highest BCUT2D eigenvalue weighted by Crippen LogP contribution is 2.23. The predicted molar refractivity (Wildman–Crippen MR) is 85.0 cm³/mol. The number of anilines is 1. The zero-order chi connectivity index (χ0) is 16.8. The molecule has 2 amide bonds. The lowest BCUT2D eigenvalue weighted by Gasteiger charge is -2.23. The summed E-state index contributed by atoms with van der Waals surface area (Å²) in [6, 6.07) is -0.0374. The Hall–Kier alpha value is -1.58. The van der Waals surface area contributed by atoms with Crippen molar-refractivity contribution in [3.8, 4) is 0 Å². The van der Waals surface area contributed by atoms with E-state index in [-0.39, 0.29) is 30.2 Å². The molecule has 8 nitrogen and oxygen atoms in total. The van der Waals surface area contributed by atoms with Gasteiger partial charge in [0.1, 0.15) is 11.6 Å². The van der Waals surface area contributed by atoms with Crippen LogP contribution in [0.25, 0.3) is 0 Å². The number of nitrogens with zero attached hydrogens (tertiary/aromatic N) is 3. The Labute approximate surface area is 139 Å². The largest absolute Gasteiger partial charge is 0.383 e. The molecule has 0 spiro atoms. The minimum Gasteiger partial charge on any atom is -0.383 e. The number of hydrogen-bond donors (Lipinski definition) is 1. The first-order valence-corrected chi connectivity index (χ1v) is 8.36. The van der Waals surface area contributed by atoms with Gasteiger partial charge in [-0.05, 0) is 13.8 Å². The molecule has 1 N–H and O–H groups in total. The first-order chi connectivity index (χ1) is 11.0. The number of likely N-dealkylation sites (tertiary alicyclic amines) is 1. The molecule has 0 aliphatic carbocycles. The first-order valence-electron chi connectivity index (χ1n) is 7.54. The molecule has 1 fully saturated rings. The van der Waals surface area contributed by atoms with E-state index >= 15 is 0 Å². The number of hydrogen-bond acceptors (Lipinski definition) is 7. The van der Waals surface area contributed by atoms with Crippen LogP contribution in [0.3, 0.4) is 0 Å². The molecule has 0 unspecified atom stereocenters. The maximum Gasteiger partial charge on any atom is 0.231 e. The maximum atomic E-state index is 12.3. The van der Waals surface area contributed by atoms with Gasteiger partial charge in [-0.1, -0.05) is 11.3 Å². The summed E-state index contributed by atoms with van der Waals surface area (Å²) < 4.78 is 10.3. The summed E-state index contributed by atoms with van der Waals surface area (Å²) in [5.41, 5.74) is 0. The molecule has 2 atom stereocenters. The van der Waals surface area contributed by atoms with Gasteiger partial charge in [-0.25, -0.2) is 0 Å². The van der Waals surface area contributed by atoms with Gasteiger partial charge < -0.3 is 19.7 Å². The highest BCUT2D eigenvalue weighted by atomic mass is 32.1. The quantitative estimate of drug-likeness (QED) is 0.754. The van der Waals surface area contributed by atoms with Crippen LogP contribution >= 0.6 is 11.3 Å². The Kier molecular flexibility index (Phi) is 6.43. The van der Waals surface area contributed by atoms with E-state index in [0.717, 1.165) is 0 Å². The lowest BCUT2D eigenvalue weighted by Crippen LogP contribution is -2.38. The molecule has 1 aliphatic heterocycles. The predicted octanol–water partition coefficient (Wildman–Crippen LogP) is 0.896. The number of amides is 2. The van der Waals surface area contributed by atoms with Crippen LogP contribution in [0.2, 0.25) is 0 Å². The van der Waals surface area contributed by atoms with Gasteiger partial charge in [0.25, 0.3) is 0 Å². The molecule has 0 aromatic carbocycles. The Morgan fingerprint density at radius 1 is 1.52 bits per heavy atom. The fourth-order valence-electron chi connectivity index (χ4n) is 2.42. The third kappa shape index (κ3) is 4.69. The topological polar surface area (TPSA) is 93.7 Å². The normalized spacial score (nSPS) is 19.2. The van der Waals surface area contributed by atoms with Crippen molar-refractivity contribution in [1.82, 2.24) is 15.1 Å². The van der Waals surface area contributed by atoms with Crippen molar-refractivity contribution in [2.75, 3.05) is 32.2 Å². The average Bonchev–Trinajstić information content (AvgIpc) is 3.12. The zero-order valence-electron chi connectivity index (χ0n) is 13.6. The number of methoxy groups -OCH3 is 1. The van der Waals surface area contributed by atoms with Crippen LogP contribution in [-0.4, -0.2) is 59.8 Å². The van der Waals surface area contributed by atoms with E-state index < -0.39 is 0 Å². The molecule has 2 heterocycles. The van der Waals surface area contributed by atoms with Crippen LogP contribution in [0, 0.1) is 5.92 Å². The van der Waals surface area contributed by atoms with Gasteiger partial charge in [0.2, 0.25) is 16.9 Å². The van der Waals surface area contributed by atoms with Gasteiger partial charge in [-0.2, -0.15) is 0 Å². The summed E-state index contributed by atoms with van der Waals surface area (Å²) in [7, 11) is 1.59. The first kappa shape index (κ1) is 17.8. The average molecular weight is 342 g/mol. The van der Waals surface area contributed by atoms with Crippen molar-refractivity contribution in [2.24, 2.45) is 5.92 Å². The number of aromatic nitrogens is 2. The van der Waals surface area contributed by atoms with E-state index in [1.54, 1.807) is 12.0 Å². The number of ether oxygens (including phenoxy) is 2. The van der Waals surface area contributed by atoms with Gasteiger partial charge >= 0.3 is 0 Å². The lowest BCUT2D eigenvalue weighted by atomic mass is 10.1. The van der Waals surface area contributed by atoms with E-state index in [0.29, 0.717) is 36.5 Å². The minimum absolute atomic E-state index is 0.0241. The van der Waals surface area contributed by atoms with Crippen molar-refractivity contribution in [1.29, 1.82) is 0 Å². The zero-order valence-corrected chi connectivity index (χ0v) is 14.4. The van der Waals surface area contributed by atoms with Crippen LogP contribution in [0.15, 0.2) is 0 Å². The molecule has 1 saturated heterocycles. The minimum atomic E-state index is -0.374. The molecule has 0 saturated carbocycles. The Morgan fingerprint density at radius 2 is 2.30 bits per heavy atom. The van der Waals surface area contributed by atoms with Crippen molar-refractivity contribution in [2.45, 2.75) is 32.9 Å². The van der Waals surface area contributed by atoms with Crippen molar-refractivity contribution >= 4 is 28.3 Å². The summed E-state index contributed by atoms with van der Waals surface area (Å²) in [6.07, 6.45) is 0.213. The fraction of sp³-hybridized carbons (Fsp3) is 0.714. The standard InChI is InChI=1S/C14H22N4O4S/c1-4-22-8-11-16-17-14(23-11)15-13(20)10-5-12(19)18(6-10)9(2)7-21-3/h9-10H,4-8H2,1-3H3,(H,15,17,20)/t9-,10+/m1/s1. The van der Waals surface area contributed by atoms with Crippen LogP contribution in [0.5, 0.6) is 0 Å². The summed E-state index contributed by atoms with van der Waals surface area (Å²) >= 11 is 1.28. The van der Waals surface area contributed by atoms with E-state index in [4.69, 9.17) is 9.47 Å².